The molecule has 0 bridgehead atoms. The highest BCUT2D eigenvalue weighted by molar-refractivity contribution is 5.59. The van der Waals surface area contributed by atoms with Crippen molar-refractivity contribution in [2.45, 2.75) is 46.0 Å². The van der Waals surface area contributed by atoms with Crippen LogP contribution in [0.15, 0.2) is 30.3 Å². The van der Waals surface area contributed by atoms with Crippen molar-refractivity contribution in [1.29, 1.82) is 0 Å². The van der Waals surface area contributed by atoms with Gasteiger partial charge >= 0.3 is 0 Å². The third-order valence-electron chi connectivity index (χ3n) is 4.76. The van der Waals surface area contributed by atoms with Gasteiger partial charge in [-0.2, -0.15) is 0 Å². The number of aldehydes is 1. The molecular formula is C19H29NO. The molecule has 1 aromatic rings. The van der Waals surface area contributed by atoms with Gasteiger partial charge in [0.1, 0.15) is 6.29 Å². The summed E-state index contributed by atoms with van der Waals surface area (Å²) in [5.74, 6) is 0.803. The maximum absolute atomic E-state index is 11.4. The second kappa shape index (κ2) is 7.74. The highest BCUT2D eigenvalue weighted by atomic mass is 16.1. The molecule has 0 aromatic heterocycles. The molecule has 2 heteroatoms. The third kappa shape index (κ3) is 4.96. The molecule has 2 nitrogen and oxygen atoms in total. The van der Waals surface area contributed by atoms with Crippen LogP contribution in [-0.4, -0.2) is 30.8 Å². The zero-order valence-electron chi connectivity index (χ0n) is 13.6. The summed E-state index contributed by atoms with van der Waals surface area (Å²) in [7, 11) is 0. The number of hydrogen-bond acceptors (Lipinski definition) is 2. The summed E-state index contributed by atoms with van der Waals surface area (Å²) in [5, 5.41) is 0. The molecule has 0 amide bonds. The molecular weight excluding hydrogens is 258 g/mol. The maximum Gasteiger partial charge on any atom is 0.127 e. The number of benzene rings is 1. The van der Waals surface area contributed by atoms with Crippen molar-refractivity contribution < 1.29 is 4.79 Å². The van der Waals surface area contributed by atoms with Crippen molar-refractivity contribution in [1.82, 2.24) is 4.90 Å². The number of hydrogen-bond donors (Lipinski definition) is 0. The maximum atomic E-state index is 11.4. The van der Waals surface area contributed by atoms with E-state index >= 15 is 0 Å². The Morgan fingerprint density at radius 1 is 1.24 bits per heavy atom. The predicted octanol–water partition coefficient (Wildman–Crippen LogP) is 3.95. The summed E-state index contributed by atoms with van der Waals surface area (Å²) < 4.78 is 0. The molecule has 1 atom stereocenters. The smallest absolute Gasteiger partial charge is 0.127 e. The first-order valence-corrected chi connectivity index (χ1v) is 8.38. The Balaban J connectivity index is 1.79. The number of carbonyl (C=O) groups excluding carboxylic acids is 1. The molecule has 1 saturated heterocycles. The fourth-order valence-electron chi connectivity index (χ4n) is 3.55. The van der Waals surface area contributed by atoms with Gasteiger partial charge in [0.15, 0.2) is 0 Å². The van der Waals surface area contributed by atoms with E-state index in [1.807, 2.05) is 0 Å². The SMILES string of the molecule is CCCC(C)(C=O)CN1CCC(Cc2ccccc2)CC1. The first kappa shape index (κ1) is 16.2. The van der Waals surface area contributed by atoms with Crippen molar-refractivity contribution in [2.75, 3.05) is 19.6 Å². The standard InChI is InChI=1S/C19H29NO/c1-3-11-19(2,16-21)15-20-12-9-18(10-13-20)14-17-7-5-4-6-8-17/h4-8,16,18H,3,9-15H2,1-2H3. The largest absolute Gasteiger partial charge is 0.303 e. The van der Waals surface area contributed by atoms with E-state index in [0.29, 0.717) is 0 Å². The van der Waals surface area contributed by atoms with Crippen LogP contribution in [0.25, 0.3) is 0 Å². The Morgan fingerprint density at radius 3 is 2.48 bits per heavy atom. The molecule has 21 heavy (non-hydrogen) atoms. The summed E-state index contributed by atoms with van der Waals surface area (Å²) >= 11 is 0. The van der Waals surface area contributed by atoms with Gasteiger partial charge < -0.3 is 9.69 Å². The van der Waals surface area contributed by atoms with E-state index in [2.05, 4.69) is 49.1 Å². The topological polar surface area (TPSA) is 20.3 Å². The lowest BCUT2D eigenvalue weighted by atomic mass is 9.84. The van der Waals surface area contributed by atoms with Crippen LogP contribution in [0.5, 0.6) is 0 Å². The average molecular weight is 287 g/mol. The minimum absolute atomic E-state index is 0.152. The fourth-order valence-corrected chi connectivity index (χ4v) is 3.55. The van der Waals surface area contributed by atoms with Crippen LogP contribution in [0.3, 0.4) is 0 Å². The van der Waals surface area contributed by atoms with E-state index in [1.54, 1.807) is 0 Å². The molecule has 1 fully saturated rings. The van der Waals surface area contributed by atoms with E-state index in [9.17, 15) is 4.79 Å². The Hall–Kier alpha value is -1.15. The molecule has 2 rings (SSSR count). The normalized spacial score (nSPS) is 20.1. The summed E-state index contributed by atoms with van der Waals surface area (Å²) in [4.78, 5) is 13.9. The van der Waals surface area contributed by atoms with Crippen molar-refractivity contribution in [2.24, 2.45) is 11.3 Å². The van der Waals surface area contributed by atoms with Crippen LogP contribution in [-0.2, 0) is 11.2 Å². The zero-order chi connectivity index (χ0) is 15.1. The van der Waals surface area contributed by atoms with Gasteiger partial charge in [0.2, 0.25) is 0 Å². The predicted molar refractivity (Wildman–Crippen MR) is 88.4 cm³/mol. The zero-order valence-corrected chi connectivity index (χ0v) is 13.6. The minimum atomic E-state index is -0.152. The molecule has 1 aliphatic rings. The lowest BCUT2D eigenvalue weighted by Gasteiger charge is -2.36. The van der Waals surface area contributed by atoms with Crippen LogP contribution in [0.2, 0.25) is 0 Å². The quantitative estimate of drug-likeness (QED) is 0.708. The minimum Gasteiger partial charge on any atom is -0.303 e. The van der Waals surface area contributed by atoms with Gasteiger partial charge in [0.05, 0.1) is 0 Å². The summed E-state index contributed by atoms with van der Waals surface area (Å²) in [6.07, 6.45) is 6.98. The van der Waals surface area contributed by atoms with E-state index in [1.165, 1.54) is 31.1 Å². The lowest BCUT2D eigenvalue weighted by molar-refractivity contribution is -0.117. The van der Waals surface area contributed by atoms with Crippen molar-refractivity contribution in [3.8, 4) is 0 Å². The van der Waals surface area contributed by atoms with E-state index < -0.39 is 0 Å². The Kier molecular flexibility index (Phi) is 5.98. The van der Waals surface area contributed by atoms with Crippen molar-refractivity contribution in [3.05, 3.63) is 35.9 Å². The van der Waals surface area contributed by atoms with Gasteiger partial charge in [0, 0.05) is 12.0 Å². The van der Waals surface area contributed by atoms with Crippen LogP contribution in [0.1, 0.15) is 45.1 Å². The molecule has 0 N–H and O–H groups in total. The van der Waals surface area contributed by atoms with E-state index in [0.717, 1.165) is 38.4 Å². The highest BCUT2D eigenvalue weighted by Crippen LogP contribution is 2.26. The molecule has 0 spiro atoms. The van der Waals surface area contributed by atoms with Crippen LogP contribution in [0.4, 0.5) is 0 Å². The van der Waals surface area contributed by atoms with Gasteiger partial charge in [-0.3, -0.25) is 0 Å². The van der Waals surface area contributed by atoms with Gasteiger partial charge in [-0.25, -0.2) is 0 Å². The molecule has 0 saturated carbocycles. The second-order valence-corrected chi connectivity index (χ2v) is 6.93. The van der Waals surface area contributed by atoms with Gasteiger partial charge in [-0.15, -0.1) is 0 Å². The molecule has 0 aliphatic carbocycles. The highest BCUT2D eigenvalue weighted by Gasteiger charge is 2.28. The van der Waals surface area contributed by atoms with Gasteiger partial charge in [0.25, 0.3) is 0 Å². The van der Waals surface area contributed by atoms with Gasteiger partial charge in [-0.1, -0.05) is 50.6 Å². The van der Waals surface area contributed by atoms with Gasteiger partial charge in [-0.05, 0) is 50.3 Å². The molecule has 1 heterocycles. The van der Waals surface area contributed by atoms with Crippen LogP contribution in [0, 0.1) is 11.3 Å². The van der Waals surface area contributed by atoms with E-state index in [-0.39, 0.29) is 5.41 Å². The average Bonchev–Trinajstić information content (AvgIpc) is 2.51. The number of carbonyl (C=O) groups is 1. The summed E-state index contributed by atoms with van der Waals surface area (Å²) in [6.45, 7) is 7.49. The second-order valence-electron chi connectivity index (χ2n) is 6.93. The number of rotatable bonds is 7. The van der Waals surface area contributed by atoms with Crippen LogP contribution < -0.4 is 0 Å². The lowest BCUT2D eigenvalue weighted by Crippen LogP contribution is -2.42. The Morgan fingerprint density at radius 2 is 1.90 bits per heavy atom. The first-order valence-electron chi connectivity index (χ1n) is 8.38. The van der Waals surface area contributed by atoms with Crippen molar-refractivity contribution in [3.63, 3.8) is 0 Å². The number of piperidine rings is 1. The fraction of sp³-hybridized carbons (Fsp3) is 0.632. The van der Waals surface area contributed by atoms with Crippen molar-refractivity contribution >= 4 is 6.29 Å². The van der Waals surface area contributed by atoms with E-state index in [4.69, 9.17) is 0 Å². The van der Waals surface area contributed by atoms with Crippen LogP contribution >= 0.6 is 0 Å². The Labute approximate surface area is 129 Å². The number of nitrogens with zero attached hydrogens (tertiary/aromatic N) is 1. The molecule has 116 valence electrons. The third-order valence-corrected chi connectivity index (χ3v) is 4.76. The molecule has 0 radical (unpaired) electrons. The molecule has 1 aliphatic heterocycles. The summed E-state index contributed by atoms with van der Waals surface area (Å²) in [6, 6.07) is 10.8. The summed E-state index contributed by atoms with van der Waals surface area (Å²) in [5.41, 5.74) is 1.31. The molecule has 1 unspecified atom stereocenters. The number of likely N-dealkylation sites (tertiary alicyclic amines) is 1. The molecule has 1 aromatic carbocycles. The first-order chi connectivity index (χ1) is 10.1. The Bertz CT molecular complexity index is 422. The monoisotopic (exact) mass is 287 g/mol.